The molecule has 1 aromatic carbocycles. The monoisotopic (exact) mass is 315 g/mol. The minimum absolute atomic E-state index is 0.0556. The number of aliphatic hydroxyl groups is 1. The maximum atomic E-state index is 12.4. The van der Waals surface area contributed by atoms with Gasteiger partial charge in [0, 0.05) is 17.8 Å². The zero-order valence-corrected chi connectivity index (χ0v) is 13.1. The molecule has 1 aliphatic rings. The molecule has 2 atom stereocenters. The quantitative estimate of drug-likeness (QED) is 0.783. The Labute approximate surface area is 134 Å². The van der Waals surface area contributed by atoms with Gasteiger partial charge in [0.1, 0.15) is 5.75 Å². The molecule has 6 nitrogen and oxygen atoms in total. The lowest BCUT2D eigenvalue weighted by atomic mass is 9.86. The molecule has 6 heteroatoms. The van der Waals surface area contributed by atoms with Gasteiger partial charge in [0.05, 0.1) is 25.3 Å². The van der Waals surface area contributed by atoms with Crippen molar-refractivity contribution in [2.45, 2.75) is 31.3 Å². The van der Waals surface area contributed by atoms with Crippen LogP contribution >= 0.6 is 0 Å². The number of aromatic nitrogens is 2. The Kier molecular flexibility index (Phi) is 4.62. The molecule has 1 aliphatic carbocycles. The molecule has 0 saturated carbocycles. The Morgan fingerprint density at radius 2 is 2.26 bits per heavy atom. The molecule has 0 spiro atoms. The summed E-state index contributed by atoms with van der Waals surface area (Å²) in [6.07, 6.45) is 3.72. The van der Waals surface area contributed by atoms with Gasteiger partial charge in [0.25, 0.3) is 0 Å². The van der Waals surface area contributed by atoms with Crippen LogP contribution in [0.4, 0.5) is 0 Å². The van der Waals surface area contributed by atoms with E-state index >= 15 is 0 Å². The molecule has 0 fully saturated rings. The highest BCUT2D eigenvalue weighted by molar-refractivity contribution is 5.84. The summed E-state index contributed by atoms with van der Waals surface area (Å²) >= 11 is 0. The maximum Gasteiger partial charge on any atom is 0.227 e. The standard InChI is InChI=1S/C17H21N3O3/c1-23-12-7-5-11(6-8-12)16(21)10-18-17(22)13-3-2-4-15-14(13)9-19-20-15/h5-9,13,16,21H,2-4,10H2,1H3,(H,18,22)(H,19,20). The molecule has 0 radical (unpaired) electrons. The van der Waals surface area contributed by atoms with Gasteiger partial charge in [-0.05, 0) is 37.0 Å². The molecule has 1 amide bonds. The Bertz CT molecular complexity index is 666. The topological polar surface area (TPSA) is 87.2 Å². The number of hydrogen-bond acceptors (Lipinski definition) is 4. The minimum atomic E-state index is -0.739. The lowest BCUT2D eigenvalue weighted by Gasteiger charge is -2.22. The molecule has 0 saturated heterocycles. The van der Waals surface area contributed by atoms with Crippen molar-refractivity contribution in [2.24, 2.45) is 0 Å². The van der Waals surface area contributed by atoms with Gasteiger partial charge in [-0.25, -0.2) is 0 Å². The van der Waals surface area contributed by atoms with Crippen molar-refractivity contribution in [3.05, 3.63) is 47.3 Å². The van der Waals surface area contributed by atoms with Crippen molar-refractivity contribution in [3.63, 3.8) is 0 Å². The molecule has 3 rings (SSSR count). The molecular weight excluding hydrogens is 294 g/mol. The number of rotatable bonds is 5. The van der Waals surface area contributed by atoms with Gasteiger partial charge in [-0.1, -0.05) is 12.1 Å². The number of nitrogens with one attached hydrogen (secondary N) is 2. The van der Waals surface area contributed by atoms with E-state index in [0.717, 1.165) is 41.8 Å². The molecule has 0 aliphatic heterocycles. The summed E-state index contributed by atoms with van der Waals surface area (Å²) in [6, 6.07) is 7.17. The van der Waals surface area contributed by atoms with E-state index in [2.05, 4.69) is 15.5 Å². The average molecular weight is 315 g/mol. The van der Waals surface area contributed by atoms with Gasteiger partial charge in [-0.15, -0.1) is 0 Å². The Morgan fingerprint density at radius 3 is 3.00 bits per heavy atom. The summed E-state index contributed by atoms with van der Waals surface area (Å²) in [7, 11) is 1.60. The van der Waals surface area contributed by atoms with Crippen molar-refractivity contribution in [1.82, 2.24) is 15.5 Å². The first-order chi connectivity index (χ1) is 11.2. The molecule has 1 aromatic heterocycles. The van der Waals surface area contributed by atoms with Gasteiger partial charge < -0.3 is 15.2 Å². The summed E-state index contributed by atoms with van der Waals surface area (Å²) < 4.78 is 5.09. The highest BCUT2D eigenvalue weighted by Crippen LogP contribution is 2.30. The third-order valence-electron chi connectivity index (χ3n) is 4.33. The van der Waals surface area contributed by atoms with Crippen LogP contribution < -0.4 is 10.1 Å². The Balaban J connectivity index is 1.59. The van der Waals surface area contributed by atoms with Crippen molar-refractivity contribution in [2.75, 3.05) is 13.7 Å². The second-order valence-corrected chi connectivity index (χ2v) is 5.78. The zero-order chi connectivity index (χ0) is 16.2. The molecule has 2 aromatic rings. The fraction of sp³-hybridized carbons (Fsp3) is 0.412. The average Bonchev–Trinajstić information content (AvgIpc) is 3.08. The normalized spacial score (nSPS) is 18.1. The number of nitrogens with zero attached hydrogens (tertiary/aromatic N) is 1. The molecular formula is C17H21N3O3. The van der Waals surface area contributed by atoms with Crippen LogP contribution in [0.3, 0.4) is 0 Å². The van der Waals surface area contributed by atoms with Crippen molar-refractivity contribution in [3.8, 4) is 5.75 Å². The summed E-state index contributed by atoms with van der Waals surface area (Å²) in [5.41, 5.74) is 2.78. The number of H-pyrrole nitrogens is 1. The molecule has 1 heterocycles. The van der Waals surface area contributed by atoms with E-state index in [0.29, 0.717) is 0 Å². The number of hydrogen-bond donors (Lipinski definition) is 3. The number of aromatic amines is 1. The molecule has 2 unspecified atom stereocenters. The first-order valence-corrected chi connectivity index (χ1v) is 7.81. The number of aryl methyl sites for hydroxylation is 1. The summed E-state index contributed by atoms with van der Waals surface area (Å²) in [5, 5.41) is 20.0. The van der Waals surface area contributed by atoms with E-state index in [1.165, 1.54) is 0 Å². The lowest BCUT2D eigenvalue weighted by molar-refractivity contribution is -0.123. The van der Waals surface area contributed by atoms with Gasteiger partial charge in [-0.2, -0.15) is 5.10 Å². The van der Waals surface area contributed by atoms with Crippen molar-refractivity contribution >= 4 is 5.91 Å². The molecule has 23 heavy (non-hydrogen) atoms. The van der Waals surface area contributed by atoms with E-state index in [9.17, 15) is 9.90 Å². The molecule has 3 N–H and O–H groups in total. The predicted molar refractivity (Wildman–Crippen MR) is 85.2 cm³/mol. The number of carbonyl (C=O) groups is 1. The van der Waals surface area contributed by atoms with Crippen LogP contribution in [0.1, 0.15) is 41.7 Å². The number of amides is 1. The van der Waals surface area contributed by atoms with Gasteiger partial charge >= 0.3 is 0 Å². The van der Waals surface area contributed by atoms with Crippen LogP contribution in [-0.4, -0.2) is 34.9 Å². The third kappa shape index (κ3) is 3.37. The third-order valence-corrected chi connectivity index (χ3v) is 4.33. The van der Waals surface area contributed by atoms with Gasteiger partial charge in [-0.3, -0.25) is 9.89 Å². The van der Waals surface area contributed by atoms with E-state index in [4.69, 9.17) is 4.74 Å². The SMILES string of the molecule is COc1ccc(C(O)CNC(=O)C2CCCc3[nH]ncc32)cc1. The minimum Gasteiger partial charge on any atom is -0.497 e. The molecule has 0 bridgehead atoms. The van der Waals surface area contributed by atoms with Crippen LogP contribution in [-0.2, 0) is 11.2 Å². The predicted octanol–water partition coefficient (Wildman–Crippen LogP) is 1.69. The zero-order valence-electron chi connectivity index (χ0n) is 13.1. The maximum absolute atomic E-state index is 12.4. The highest BCUT2D eigenvalue weighted by atomic mass is 16.5. The fourth-order valence-electron chi connectivity index (χ4n) is 3.00. The van der Waals surface area contributed by atoms with E-state index in [1.54, 1.807) is 37.6 Å². The summed E-state index contributed by atoms with van der Waals surface area (Å²) in [4.78, 5) is 12.4. The van der Waals surface area contributed by atoms with Crippen LogP contribution in [0.25, 0.3) is 0 Å². The number of carbonyl (C=O) groups excluding carboxylic acids is 1. The van der Waals surface area contributed by atoms with Crippen LogP contribution in [0.2, 0.25) is 0 Å². The number of methoxy groups -OCH3 is 1. The Hall–Kier alpha value is -2.34. The highest BCUT2D eigenvalue weighted by Gasteiger charge is 2.28. The van der Waals surface area contributed by atoms with Crippen molar-refractivity contribution < 1.29 is 14.6 Å². The smallest absolute Gasteiger partial charge is 0.227 e. The summed E-state index contributed by atoms with van der Waals surface area (Å²) in [5.74, 6) is 0.500. The number of ether oxygens (including phenoxy) is 1. The van der Waals surface area contributed by atoms with Gasteiger partial charge in [0.15, 0.2) is 0 Å². The van der Waals surface area contributed by atoms with Gasteiger partial charge in [0.2, 0.25) is 5.91 Å². The fourth-order valence-corrected chi connectivity index (χ4v) is 3.00. The van der Waals surface area contributed by atoms with Crippen LogP contribution in [0.15, 0.2) is 30.5 Å². The number of benzene rings is 1. The Morgan fingerprint density at radius 1 is 1.48 bits per heavy atom. The number of aliphatic hydroxyl groups excluding tert-OH is 1. The molecule has 122 valence electrons. The van der Waals surface area contributed by atoms with Crippen LogP contribution in [0, 0.1) is 0 Å². The lowest BCUT2D eigenvalue weighted by Crippen LogP contribution is -2.34. The van der Waals surface area contributed by atoms with E-state index < -0.39 is 6.10 Å². The van der Waals surface area contributed by atoms with E-state index in [-0.39, 0.29) is 18.4 Å². The van der Waals surface area contributed by atoms with Crippen molar-refractivity contribution in [1.29, 1.82) is 0 Å². The first-order valence-electron chi connectivity index (χ1n) is 7.81. The number of fused-ring (bicyclic) bond motifs is 1. The largest absolute Gasteiger partial charge is 0.497 e. The van der Waals surface area contributed by atoms with E-state index in [1.807, 2.05) is 0 Å². The van der Waals surface area contributed by atoms with Crippen LogP contribution in [0.5, 0.6) is 5.75 Å². The first kappa shape index (κ1) is 15.6. The summed E-state index contributed by atoms with van der Waals surface area (Å²) in [6.45, 7) is 0.189. The second kappa shape index (κ2) is 6.83. The second-order valence-electron chi connectivity index (χ2n) is 5.78.